The van der Waals surface area contributed by atoms with Gasteiger partial charge in [-0.3, -0.25) is 14.4 Å². The number of hydrogen-bond donors (Lipinski definition) is 3. The first kappa shape index (κ1) is 22.8. The molecule has 4 fully saturated rings. The molecule has 3 N–H and O–H groups in total. The molecule has 178 valence electrons. The standard InChI is InChI=1S/C21H34N6O5/c28-18-16(2-1-5-23-18)24-19(29)17-14-26(21(31)25-10-12-32-13-11-25)8-9-27(17)20(30)15-3-6-22-7-4-15/h15-17,22H,1-14H2,(H,23,28)(H,24,29). The fraction of sp³-hybridized carbons (Fsp3) is 0.810. The van der Waals surface area contributed by atoms with Crippen LogP contribution >= 0.6 is 0 Å². The molecule has 4 aliphatic rings. The third-order valence-corrected chi connectivity index (χ3v) is 6.81. The Morgan fingerprint density at radius 3 is 2.41 bits per heavy atom. The van der Waals surface area contributed by atoms with Gasteiger partial charge in [-0.2, -0.15) is 0 Å². The van der Waals surface area contributed by atoms with Crippen LogP contribution in [0.15, 0.2) is 0 Å². The molecule has 0 aromatic carbocycles. The zero-order valence-corrected chi connectivity index (χ0v) is 18.5. The summed E-state index contributed by atoms with van der Waals surface area (Å²) in [4.78, 5) is 56.8. The number of morpholine rings is 1. The third kappa shape index (κ3) is 5.15. The minimum atomic E-state index is -0.800. The second-order valence-electron chi connectivity index (χ2n) is 8.89. The highest BCUT2D eigenvalue weighted by atomic mass is 16.5. The van der Waals surface area contributed by atoms with Gasteiger partial charge in [-0.05, 0) is 38.8 Å². The summed E-state index contributed by atoms with van der Waals surface area (Å²) in [6.07, 6.45) is 2.85. The van der Waals surface area contributed by atoms with E-state index in [9.17, 15) is 19.2 Å². The molecule has 0 aliphatic carbocycles. The quantitative estimate of drug-likeness (QED) is 0.473. The van der Waals surface area contributed by atoms with Gasteiger partial charge in [0.1, 0.15) is 12.1 Å². The highest BCUT2D eigenvalue weighted by Crippen LogP contribution is 2.21. The zero-order valence-electron chi connectivity index (χ0n) is 18.5. The SMILES string of the molecule is O=C1NCCCC1NC(=O)C1CN(C(=O)N2CCOCC2)CCN1C(=O)C1CCNCC1. The number of ether oxygens (including phenoxy) is 1. The minimum Gasteiger partial charge on any atom is -0.378 e. The number of nitrogens with zero attached hydrogens (tertiary/aromatic N) is 3. The van der Waals surface area contributed by atoms with Crippen LogP contribution in [0.5, 0.6) is 0 Å². The molecule has 0 aromatic rings. The van der Waals surface area contributed by atoms with E-state index in [1.807, 2.05) is 0 Å². The fourth-order valence-electron chi connectivity index (χ4n) is 4.88. The lowest BCUT2D eigenvalue weighted by Crippen LogP contribution is -2.65. The monoisotopic (exact) mass is 450 g/mol. The van der Waals surface area contributed by atoms with Crippen molar-refractivity contribution >= 4 is 23.8 Å². The molecule has 0 saturated carbocycles. The molecule has 4 rings (SSSR count). The summed E-state index contributed by atoms with van der Waals surface area (Å²) in [6.45, 7) is 5.05. The van der Waals surface area contributed by atoms with Crippen molar-refractivity contribution in [2.24, 2.45) is 5.92 Å². The molecule has 0 spiro atoms. The number of hydrogen-bond acceptors (Lipinski definition) is 6. The van der Waals surface area contributed by atoms with E-state index in [4.69, 9.17) is 4.74 Å². The predicted octanol–water partition coefficient (Wildman–Crippen LogP) is -1.65. The Morgan fingerprint density at radius 1 is 0.938 bits per heavy atom. The summed E-state index contributed by atoms with van der Waals surface area (Å²) >= 11 is 0. The Hall–Kier alpha value is -2.40. The first-order valence-electron chi connectivity index (χ1n) is 11.8. The predicted molar refractivity (Wildman–Crippen MR) is 115 cm³/mol. The zero-order chi connectivity index (χ0) is 22.5. The Kier molecular flexibility index (Phi) is 7.46. The van der Waals surface area contributed by atoms with E-state index in [2.05, 4.69) is 16.0 Å². The first-order valence-corrected chi connectivity index (χ1v) is 11.8. The molecule has 11 nitrogen and oxygen atoms in total. The summed E-state index contributed by atoms with van der Waals surface area (Å²) in [7, 11) is 0. The van der Waals surface area contributed by atoms with Crippen molar-refractivity contribution < 1.29 is 23.9 Å². The van der Waals surface area contributed by atoms with E-state index < -0.39 is 12.1 Å². The van der Waals surface area contributed by atoms with Gasteiger partial charge < -0.3 is 35.4 Å². The lowest BCUT2D eigenvalue weighted by molar-refractivity contribution is -0.148. The summed E-state index contributed by atoms with van der Waals surface area (Å²) in [5.41, 5.74) is 0. The van der Waals surface area contributed by atoms with Crippen LogP contribution < -0.4 is 16.0 Å². The average molecular weight is 451 g/mol. The van der Waals surface area contributed by atoms with Gasteiger partial charge in [0.25, 0.3) is 0 Å². The van der Waals surface area contributed by atoms with Gasteiger partial charge in [0, 0.05) is 38.6 Å². The lowest BCUT2D eigenvalue weighted by atomic mass is 9.95. The molecular formula is C21H34N6O5. The summed E-state index contributed by atoms with van der Waals surface area (Å²) in [6, 6.07) is -1.53. The molecule has 2 atom stereocenters. The Labute approximate surface area is 188 Å². The van der Waals surface area contributed by atoms with E-state index in [0.29, 0.717) is 52.4 Å². The normalized spacial score (nSPS) is 27.6. The van der Waals surface area contributed by atoms with Gasteiger partial charge in [-0.15, -0.1) is 0 Å². The smallest absolute Gasteiger partial charge is 0.320 e. The molecule has 5 amide bonds. The maximum atomic E-state index is 13.3. The lowest BCUT2D eigenvalue weighted by Gasteiger charge is -2.44. The van der Waals surface area contributed by atoms with Crippen LogP contribution in [-0.2, 0) is 19.1 Å². The Bertz CT molecular complexity index is 721. The van der Waals surface area contributed by atoms with Crippen LogP contribution in [0.2, 0.25) is 0 Å². The molecule has 4 heterocycles. The summed E-state index contributed by atoms with van der Waals surface area (Å²) in [5.74, 6) is -0.712. The van der Waals surface area contributed by atoms with Crippen molar-refractivity contribution in [3.63, 3.8) is 0 Å². The van der Waals surface area contributed by atoms with Crippen LogP contribution in [0.1, 0.15) is 25.7 Å². The largest absolute Gasteiger partial charge is 0.378 e. The number of urea groups is 1. The van der Waals surface area contributed by atoms with Crippen molar-refractivity contribution in [3.05, 3.63) is 0 Å². The summed E-state index contributed by atoms with van der Waals surface area (Å²) < 4.78 is 5.33. The van der Waals surface area contributed by atoms with Gasteiger partial charge in [-0.1, -0.05) is 0 Å². The molecule has 32 heavy (non-hydrogen) atoms. The molecule has 2 unspecified atom stereocenters. The second kappa shape index (κ2) is 10.5. The van der Waals surface area contributed by atoms with E-state index in [1.54, 1.807) is 14.7 Å². The van der Waals surface area contributed by atoms with Gasteiger partial charge in [0.05, 0.1) is 19.8 Å². The second-order valence-corrected chi connectivity index (χ2v) is 8.89. The van der Waals surface area contributed by atoms with E-state index in [1.165, 1.54) is 0 Å². The number of rotatable bonds is 3. The number of carbonyl (C=O) groups excluding carboxylic acids is 4. The van der Waals surface area contributed by atoms with Gasteiger partial charge >= 0.3 is 6.03 Å². The number of nitrogens with one attached hydrogen (secondary N) is 3. The molecule has 0 radical (unpaired) electrons. The van der Waals surface area contributed by atoms with Crippen molar-refractivity contribution in [1.29, 1.82) is 0 Å². The maximum Gasteiger partial charge on any atom is 0.320 e. The van der Waals surface area contributed by atoms with Gasteiger partial charge in [-0.25, -0.2) is 4.79 Å². The number of carbonyl (C=O) groups is 4. The minimum absolute atomic E-state index is 0.0294. The molecule has 11 heteroatoms. The van der Waals surface area contributed by atoms with E-state index in [-0.39, 0.29) is 36.2 Å². The highest BCUT2D eigenvalue weighted by molar-refractivity contribution is 5.93. The Balaban J connectivity index is 1.47. The topological polar surface area (TPSA) is 123 Å². The molecule has 4 aliphatic heterocycles. The van der Waals surface area contributed by atoms with Crippen molar-refractivity contribution in [2.45, 2.75) is 37.8 Å². The van der Waals surface area contributed by atoms with Crippen molar-refractivity contribution in [2.75, 3.05) is 65.6 Å². The number of piperidine rings is 2. The van der Waals surface area contributed by atoms with E-state index >= 15 is 0 Å². The van der Waals surface area contributed by atoms with Crippen molar-refractivity contribution in [3.8, 4) is 0 Å². The molecular weight excluding hydrogens is 416 g/mol. The third-order valence-electron chi connectivity index (χ3n) is 6.81. The van der Waals surface area contributed by atoms with E-state index in [0.717, 1.165) is 32.4 Å². The fourth-order valence-corrected chi connectivity index (χ4v) is 4.88. The van der Waals surface area contributed by atoms with Crippen LogP contribution in [0, 0.1) is 5.92 Å². The van der Waals surface area contributed by atoms with Gasteiger partial charge in [0.15, 0.2) is 0 Å². The molecule has 0 bridgehead atoms. The van der Waals surface area contributed by atoms with Crippen LogP contribution in [0.4, 0.5) is 4.79 Å². The first-order chi connectivity index (χ1) is 15.5. The van der Waals surface area contributed by atoms with Crippen molar-refractivity contribution in [1.82, 2.24) is 30.7 Å². The van der Waals surface area contributed by atoms with Gasteiger partial charge in [0.2, 0.25) is 17.7 Å². The number of amides is 5. The highest BCUT2D eigenvalue weighted by Gasteiger charge is 2.41. The van der Waals surface area contributed by atoms with Crippen LogP contribution in [-0.4, -0.2) is 116 Å². The molecule has 0 aromatic heterocycles. The van der Waals surface area contributed by atoms with Crippen LogP contribution in [0.25, 0.3) is 0 Å². The maximum absolute atomic E-state index is 13.3. The Morgan fingerprint density at radius 2 is 1.69 bits per heavy atom. The van der Waals surface area contributed by atoms with Crippen LogP contribution in [0.3, 0.4) is 0 Å². The summed E-state index contributed by atoms with van der Waals surface area (Å²) in [5, 5.41) is 8.87. The number of piperazine rings is 1. The molecule has 4 saturated heterocycles. The average Bonchev–Trinajstić information content (AvgIpc) is 2.85.